The van der Waals surface area contributed by atoms with Crippen molar-refractivity contribution in [3.05, 3.63) is 65.9 Å². The normalized spacial score (nSPS) is 18.7. The number of fused-ring (bicyclic) bond motifs is 2. The Morgan fingerprint density at radius 2 is 1.83 bits per heavy atom. The Kier molecular flexibility index (Phi) is 3.02. The van der Waals surface area contributed by atoms with Gasteiger partial charge in [0.15, 0.2) is 9.84 Å². The molecule has 23 heavy (non-hydrogen) atoms. The van der Waals surface area contributed by atoms with Crippen molar-refractivity contribution in [2.45, 2.75) is 10.9 Å². The van der Waals surface area contributed by atoms with Gasteiger partial charge in [-0.1, -0.05) is 36.4 Å². The van der Waals surface area contributed by atoms with Gasteiger partial charge >= 0.3 is 0 Å². The van der Waals surface area contributed by atoms with Crippen molar-refractivity contribution in [1.82, 2.24) is 10.3 Å². The molecule has 0 aliphatic carbocycles. The molecule has 2 heterocycles. The van der Waals surface area contributed by atoms with Crippen LogP contribution in [0.25, 0.3) is 10.9 Å². The van der Waals surface area contributed by atoms with Crippen molar-refractivity contribution in [2.75, 3.05) is 5.75 Å². The summed E-state index contributed by atoms with van der Waals surface area (Å²) in [7, 11) is -3.33. The summed E-state index contributed by atoms with van der Waals surface area (Å²) in [5.41, 5.74) is 1.95. The zero-order chi connectivity index (χ0) is 16.0. The number of rotatable bonds is 2. The fraction of sp³-hybridized carbons (Fsp3) is 0.118. The zero-order valence-corrected chi connectivity index (χ0v) is 12.9. The van der Waals surface area contributed by atoms with E-state index >= 15 is 0 Å². The molecule has 4 rings (SSSR count). The first kappa shape index (κ1) is 14.0. The molecule has 0 saturated heterocycles. The van der Waals surface area contributed by atoms with Gasteiger partial charge in [-0.15, -0.1) is 0 Å². The third-order valence-electron chi connectivity index (χ3n) is 4.10. The predicted molar refractivity (Wildman–Crippen MR) is 87.0 cm³/mol. The first-order valence-electron chi connectivity index (χ1n) is 7.25. The van der Waals surface area contributed by atoms with Gasteiger partial charge in [-0.05, 0) is 23.8 Å². The van der Waals surface area contributed by atoms with Crippen molar-refractivity contribution >= 4 is 26.6 Å². The highest BCUT2D eigenvalue weighted by molar-refractivity contribution is 7.91. The summed E-state index contributed by atoms with van der Waals surface area (Å²) in [5, 5.41) is 3.76. The van der Waals surface area contributed by atoms with Crippen molar-refractivity contribution in [1.29, 1.82) is 0 Å². The monoisotopic (exact) mass is 326 g/mol. The maximum absolute atomic E-state index is 12.5. The fourth-order valence-corrected chi connectivity index (χ4v) is 4.74. The van der Waals surface area contributed by atoms with Gasteiger partial charge in [-0.3, -0.25) is 4.79 Å². The molecule has 3 aromatic rings. The minimum absolute atomic E-state index is 0.0989. The van der Waals surface area contributed by atoms with Crippen LogP contribution in [0.15, 0.2) is 59.5 Å². The molecule has 2 N–H and O–H groups in total. The maximum Gasteiger partial charge on any atom is 0.268 e. The van der Waals surface area contributed by atoms with E-state index in [1.807, 2.05) is 24.3 Å². The number of carbonyl (C=O) groups excluding carboxylic acids is 1. The first-order valence-corrected chi connectivity index (χ1v) is 8.90. The van der Waals surface area contributed by atoms with Crippen LogP contribution in [0.1, 0.15) is 22.1 Å². The largest absolute Gasteiger partial charge is 0.351 e. The number of sulfone groups is 1. The second-order valence-corrected chi connectivity index (χ2v) is 7.62. The molecule has 0 fully saturated rings. The first-order chi connectivity index (χ1) is 11.0. The number of aromatic nitrogens is 1. The highest BCUT2D eigenvalue weighted by Gasteiger charge is 2.35. The standard InChI is InChI=1S/C17H14N2O3S/c20-17(14-9-11-5-1-3-7-13(11)18-14)19-15-10-23(21,22)16-8-4-2-6-12(15)16/h1-9,15,18H,10H2,(H,19,20). The second kappa shape index (κ2) is 4.96. The van der Waals surface area contributed by atoms with Gasteiger partial charge in [-0.2, -0.15) is 0 Å². The molecule has 6 heteroatoms. The Morgan fingerprint density at radius 3 is 2.65 bits per heavy atom. The van der Waals surface area contributed by atoms with Gasteiger partial charge in [0, 0.05) is 10.9 Å². The summed E-state index contributed by atoms with van der Waals surface area (Å²) in [6, 6.07) is 15.6. The molecule has 1 amide bonds. The number of amides is 1. The summed E-state index contributed by atoms with van der Waals surface area (Å²) in [4.78, 5) is 15.8. The molecule has 0 bridgehead atoms. The highest BCUT2D eigenvalue weighted by atomic mass is 32.2. The van der Waals surface area contributed by atoms with Gasteiger partial charge < -0.3 is 10.3 Å². The molecule has 2 aromatic carbocycles. The Morgan fingerprint density at radius 1 is 1.09 bits per heavy atom. The van der Waals surface area contributed by atoms with Gasteiger partial charge in [0.25, 0.3) is 5.91 Å². The van der Waals surface area contributed by atoms with Crippen LogP contribution in [0, 0.1) is 0 Å². The Labute approximate surface area is 133 Å². The van der Waals surface area contributed by atoms with E-state index < -0.39 is 15.9 Å². The lowest BCUT2D eigenvalue weighted by Gasteiger charge is -2.11. The van der Waals surface area contributed by atoms with Gasteiger partial charge in [-0.25, -0.2) is 8.42 Å². The number of benzene rings is 2. The van der Waals surface area contributed by atoms with E-state index in [0.29, 0.717) is 16.2 Å². The number of para-hydroxylation sites is 1. The van der Waals surface area contributed by atoms with Crippen LogP contribution < -0.4 is 5.32 Å². The molecule has 0 spiro atoms. The predicted octanol–water partition coefficient (Wildman–Crippen LogP) is 2.43. The van der Waals surface area contributed by atoms with E-state index in [4.69, 9.17) is 0 Å². The number of nitrogens with one attached hydrogen (secondary N) is 2. The summed E-state index contributed by atoms with van der Waals surface area (Å²) in [5.74, 6) is -0.406. The number of carbonyl (C=O) groups is 1. The molecule has 1 atom stereocenters. The molecule has 0 radical (unpaired) electrons. The molecular weight excluding hydrogens is 312 g/mol. The van der Waals surface area contributed by atoms with Gasteiger partial charge in [0.1, 0.15) is 5.69 Å². The van der Waals surface area contributed by atoms with Crippen LogP contribution in [-0.4, -0.2) is 25.1 Å². The highest BCUT2D eigenvalue weighted by Crippen LogP contribution is 2.33. The van der Waals surface area contributed by atoms with Crippen LogP contribution >= 0.6 is 0 Å². The third-order valence-corrected chi connectivity index (χ3v) is 5.91. The minimum Gasteiger partial charge on any atom is -0.351 e. The second-order valence-electron chi connectivity index (χ2n) is 5.62. The van der Waals surface area contributed by atoms with E-state index in [2.05, 4.69) is 10.3 Å². The van der Waals surface area contributed by atoms with Crippen LogP contribution in [0.3, 0.4) is 0 Å². The molecular formula is C17H14N2O3S. The number of H-pyrrole nitrogens is 1. The fourth-order valence-electron chi connectivity index (χ4n) is 3.00. The molecule has 1 aromatic heterocycles. The molecule has 5 nitrogen and oxygen atoms in total. The Balaban J connectivity index is 1.65. The van der Waals surface area contributed by atoms with Gasteiger partial charge in [0.2, 0.25) is 0 Å². The van der Waals surface area contributed by atoms with Crippen LogP contribution in [-0.2, 0) is 9.84 Å². The van der Waals surface area contributed by atoms with E-state index in [0.717, 1.165) is 10.9 Å². The van der Waals surface area contributed by atoms with Crippen molar-refractivity contribution in [2.24, 2.45) is 0 Å². The quantitative estimate of drug-likeness (QED) is 0.759. The average molecular weight is 326 g/mol. The summed E-state index contributed by atoms with van der Waals surface area (Å²) in [6.45, 7) is 0. The SMILES string of the molecule is O=C(NC1CS(=O)(=O)c2ccccc21)c1cc2ccccc2[nH]1. The van der Waals surface area contributed by atoms with Crippen molar-refractivity contribution in [3.63, 3.8) is 0 Å². The molecule has 1 aliphatic heterocycles. The lowest BCUT2D eigenvalue weighted by molar-refractivity contribution is 0.0936. The smallest absolute Gasteiger partial charge is 0.268 e. The Bertz CT molecular complexity index is 988. The minimum atomic E-state index is -3.33. The lowest BCUT2D eigenvalue weighted by Crippen LogP contribution is -2.29. The van der Waals surface area contributed by atoms with E-state index in [-0.39, 0.29) is 11.7 Å². The topological polar surface area (TPSA) is 79.0 Å². The average Bonchev–Trinajstić information content (AvgIpc) is 3.07. The zero-order valence-electron chi connectivity index (χ0n) is 12.1. The molecule has 116 valence electrons. The number of aromatic amines is 1. The van der Waals surface area contributed by atoms with Crippen molar-refractivity contribution < 1.29 is 13.2 Å². The maximum atomic E-state index is 12.5. The third kappa shape index (κ3) is 2.31. The summed E-state index contributed by atoms with van der Waals surface area (Å²) in [6.07, 6.45) is 0. The van der Waals surface area contributed by atoms with Crippen molar-refractivity contribution in [3.8, 4) is 0 Å². The van der Waals surface area contributed by atoms with Crippen LogP contribution in [0.4, 0.5) is 0 Å². The summed E-state index contributed by atoms with van der Waals surface area (Å²) < 4.78 is 24.3. The number of hydrogen-bond donors (Lipinski definition) is 2. The molecule has 0 saturated carbocycles. The lowest BCUT2D eigenvalue weighted by atomic mass is 10.1. The molecule has 1 unspecified atom stereocenters. The van der Waals surface area contributed by atoms with E-state index in [1.54, 1.807) is 30.3 Å². The summed E-state index contributed by atoms with van der Waals surface area (Å²) >= 11 is 0. The van der Waals surface area contributed by atoms with E-state index in [9.17, 15) is 13.2 Å². The van der Waals surface area contributed by atoms with Gasteiger partial charge in [0.05, 0.1) is 16.7 Å². The Hall–Kier alpha value is -2.60. The molecule has 1 aliphatic rings. The van der Waals surface area contributed by atoms with E-state index in [1.165, 1.54) is 0 Å². The van der Waals surface area contributed by atoms with Crippen LogP contribution in [0.2, 0.25) is 0 Å². The van der Waals surface area contributed by atoms with Crippen LogP contribution in [0.5, 0.6) is 0 Å². The number of hydrogen-bond acceptors (Lipinski definition) is 3.